The summed E-state index contributed by atoms with van der Waals surface area (Å²) in [5, 5.41) is 6.64. The zero-order chi connectivity index (χ0) is 18.5. The van der Waals surface area contributed by atoms with E-state index in [9.17, 15) is 4.79 Å². The first-order valence-corrected chi connectivity index (χ1v) is 9.72. The number of aromatic nitrogens is 1. The molecule has 0 spiro atoms. The third-order valence-corrected chi connectivity index (χ3v) is 5.33. The number of hydrogen-bond donors (Lipinski definition) is 1. The van der Waals surface area contributed by atoms with Gasteiger partial charge in [-0.1, -0.05) is 0 Å². The number of nitrogens with one attached hydrogen (secondary N) is 1. The Hall–Kier alpha value is -1.18. The molecule has 1 fully saturated rings. The quantitative estimate of drug-likeness (QED) is 0.832. The summed E-state index contributed by atoms with van der Waals surface area (Å²) in [7, 11) is 1.72. The van der Waals surface area contributed by atoms with Crippen LogP contribution in [0.3, 0.4) is 0 Å². The van der Waals surface area contributed by atoms with Gasteiger partial charge in [0.15, 0.2) is 0 Å². The van der Waals surface area contributed by atoms with E-state index in [1.807, 2.05) is 37.2 Å². The molecule has 1 aliphatic heterocycles. The maximum absolute atomic E-state index is 12.5. The Morgan fingerprint density at radius 1 is 1.52 bits per heavy atom. The average Bonchev–Trinajstić information content (AvgIpc) is 3.06. The Labute approximate surface area is 154 Å². The molecule has 0 aromatic carbocycles. The Bertz CT molecular complexity index is 540. The number of carbonyl (C=O) groups is 1. The van der Waals surface area contributed by atoms with Crippen LogP contribution < -0.4 is 5.32 Å². The summed E-state index contributed by atoms with van der Waals surface area (Å²) >= 11 is 1.65. The zero-order valence-corrected chi connectivity index (χ0v) is 16.8. The predicted molar refractivity (Wildman–Crippen MR) is 99.9 cm³/mol. The number of hydrogen-bond acceptors (Lipinski definition) is 6. The third kappa shape index (κ3) is 5.94. The van der Waals surface area contributed by atoms with E-state index in [2.05, 4.69) is 17.2 Å². The van der Waals surface area contributed by atoms with E-state index in [1.165, 1.54) is 0 Å². The van der Waals surface area contributed by atoms with Crippen LogP contribution in [0.5, 0.6) is 0 Å². The third-order valence-electron chi connectivity index (χ3n) is 4.37. The fourth-order valence-electron chi connectivity index (χ4n) is 3.21. The van der Waals surface area contributed by atoms with Gasteiger partial charge in [0.05, 0.1) is 12.6 Å². The fraction of sp³-hybridized carbons (Fsp3) is 0.778. The van der Waals surface area contributed by atoms with Crippen molar-refractivity contribution in [2.75, 3.05) is 33.4 Å². The van der Waals surface area contributed by atoms with Gasteiger partial charge in [0.1, 0.15) is 10.6 Å². The van der Waals surface area contributed by atoms with Crippen LogP contribution in [-0.4, -0.2) is 54.9 Å². The van der Waals surface area contributed by atoms with Gasteiger partial charge in [0, 0.05) is 43.7 Å². The van der Waals surface area contributed by atoms with E-state index in [-0.39, 0.29) is 17.6 Å². The van der Waals surface area contributed by atoms with Crippen LogP contribution in [0.1, 0.15) is 51.6 Å². The molecule has 1 aromatic rings. The molecule has 2 atom stereocenters. The van der Waals surface area contributed by atoms with Gasteiger partial charge in [0.25, 0.3) is 0 Å². The summed E-state index contributed by atoms with van der Waals surface area (Å²) in [5.74, 6) is 0. The standard InChI is InChI=1S/C18H31N3O3S/c1-14(15-19-8-10-25-15)20-11-18(13-23-5)7-6-9-21(12-18)16(22)24-17(2,3)4/h8,10,14,20H,6-7,9,11-13H2,1-5H3. The summed E-state index contributed by atoms with van der Waals surface area (Å²) in [6.07, 6.45) is 3.57. The summed E-state index contributed by atoms with van der Waals surface area (Å²) in [6, 6.07) is 0.186. The first kappa shape index (κ1) is 20.1. The predicted octanol–water partition coefficient (Wildman–Crippen LogP) is 3.46. The van der Waals surface area contributed by atoms with E-state index in [0.29, 0.717) is 13.2 Å². The summed E-state index contributed by atoms with van der Waals surface area (Å²) in [6.45, 7) is 10.6. The van der Waals surface area contributed by atoms with Gasteiger partial charge < -0.3 is 19.7 Å². The summed E-state index contributed by atoms with van der Waals surface area (Å²) in [5.41, 5.74) is -0.578. The van der Waals surface area contributed by atoms with Crippen LogP contribution in [0.25, 0.3) is 0 Å². The maximum atomic E-state index is 12.5. The van der Waals surface area contributed by atoms with Crippen molar-refractivity contribution < 1.29 is 14.3 Å². The number of amides is 1. The number of thiazole rings is 1. The lowest BCUT2D eigenvalue weighted by atomic mass is 9.80. The molecular formula is C18H31N3O3S. The van der Waals surface area contributed by atoms with Crippen LogP contribution >= 0.6 is 11.3 Å². The van der Waals surface area contributed by atoms with E-state index in [4.69, 9.17) is 9.47 Å². The molecule has 2 heterocycles. The SMILES string of the molecule is COCC1(CNC(C)c2nccs2)CCCN(C(=O)OC(C)(C)C)C1. The molecule has 0 saturated carbocycles. The molecule has 0 bridgehead atoms. The Kier molecular flexibility index (Phi) is 6.82. The zero-order valence-electron chi connectivity index (χ0n) is 16.0. The summed E-state index contributed by atoms with van der Waals surface area (Å²) in [4.78, 5) is 18.7. The number of nitrogens with zero attached hydrogens (tertiary/aromatic N) is 2. The highest BCUT2D eigenvalue weighted by Crippen LogP contribution is 2.31. The molecule has 1 N–H and O–H groups in total. The number of methoxy groups -OCH3 is 1. The molecule has 6 nitrogen and oxygen atoms in total. The molecule has 1 saturated heterocycles. The molecule has 0 aliphatic carbocycles. The van der Waals surface area contributed by atoms with Crippen LogP contribution in [0.15, 0.2) is 11.6 Å². The largest absolute Gasteiger partial charge is 0.444 e. The minimum absolute atomic E-state index is 0.102. The maximum Gasteiger partial charge on any atom is 0.410 e. The van der Waals surface area contributed by atoms with Gasteiger partial charge in [-0.2, -0.15) is 0 Å². The smallest absolute Gasteiger partial charge is 0.410 e. The first-order chi connectivity index (χ1) is 11.7. The Morgan fingerprint density at radius 2 is 2.28 bits per heavy atom. The van der Waals surface area contributed by atoms with Gasteiger partial charge >= 0.3 is 6.09 Å². The van der Waals surface area contributed by atoms with Crippen molar-refractivity contribution >= 4 is 17.4 Å². The molecule has 2 rings (SSSR count). The number of rotatable bonds is 6. The minimum Gasteiger partial charge on any atom is -0.444 e. The molecule has 1 amide bonds. The van der Waals surface area contributed by atoms with Gasteiger partial charge in [-0.25, -0.2) is 9.78 Å². The van der Waals surface area contributed by atoms with Crippen LogP contribution in [0, 0.1) is 5.41 Å². The molecule has 1 aliphatic rings. The van der Waals surface area contributed by atoms with Crippen LogP contribution in [0.2, 0.25) is 0 Å². The monoisotopic (exact) mass is 369 g/mol. The van der Waals surface area contributed by atoms with Gasteiger partial charge in [-0.05, 0) is 40.5 Å². The fourth-order valence-corrected chi connectivity index (χ4v) is 3.89. The van der Waals surface area contributed by atoms with Gasteiger partial charge in [0.2, 0.25) is 0 Å². The second kappa shape index (κ2) is 8.47. The molecule has 1 aromatic heterocycles. The van der Waals surface area contributed by atoms with Crippen molar-refractivity contribution in [2.24, 2.45) is 5.41 Å². The Balaban J connectivity index is 2.00. The van der Waals surface area contributed by atoms with Crippen molar-refractivity contribution in [1.29, 1.82) is 0 Å². The van der Waals surface area contributed by atoms with Crippen molar-refractivity contribution in [3.05, 3.63) is 16.6 Å². The Morgan fingerprint density at radius 3 is 2.88 bits per heavy atom. The second-order valence-electron chi connectivity index (χ2n) is 7.91. The highest BCUT2D eigenvalue weighted by molar-refractivity contribution is 7.09. The number of piperidine rings is 1. The van der Waals surface area contributed by atoms with E-state index in [1.54, 1.807) is 18.4 Å². The molecular weight excluding hydrogens is 338 g/mol. The lowest BCUT2D eigenvalue weighted by molar-refractivity contribution is -0.0160. The van der Waals surface area contributed by atoms with Gasteiger partial charge in [-0.15, -0.1) is 11.3 Å². The van der Waals surface area contributed by atoms with E-state index in [0.717, 1.165) is 30.9 Å². The molecule has 25 heavy (non-hydrogen) atoms. The van der Waals surface area contributed by atoms with Gasteiger partial charge in [-0.3, -0.25) is 0 Å². The van der Waals surface area contributed by atoms with E-state index < -0.39 is 5.60 Å². The highest BCUT2D eigenvalue weighted by atomic mass is 32.1. The number of likely N-dealkylation sites (tertiary alicyclic amines) is 1. The van der Waals surface area contributed by atoms with Crippen molar-refractivity contribution in [3.63, 3.8) is 0 Å². The van der Waals surface area contributed by atoms with E-state index >= 15 is 0 Å². The molecule has 7 heteroatoms. The summed E-state index contributed by atoms with van der Waals surface area (Å²) < 4.78 is 11.1. The van der Waals surface area contributed by atoms with Crippen LogP contribution in [0.4, 0.5) is 4.79 Å². The topological polar surface area (TPSA) is 63.7 Å². The molecule has 142 valence electrons. The van der Waals surface area contributed by atoms with Crippen molar-refractivity contribution in [3.8, 4) is 0 Å². The lowest BCUT2D eigenvalue weighted by Crippen LogP contribution is -2.53. The van der Waals surface area contributed by atoms with Crippen molar-refractivity contribution in [1.82, 2.24) is 15.2 Å². The lowest BCUT2D eigenvalue weighted by Gasteiger charge is -2.43. The second-order valence-corrected chi connectivity index (χ2v) is 8.84. The molecule has 0 radical (unpaired) electrons. The normalized spacial score (nSPS) is 22.7. The molecule has 2 unspecified atom stereocenters. The minimum atomic E-state index is -0.476. The van der Waals surface area contributed by atoms with Crippen LogP contribution in [-0.2, 0) is 9.47 Å². The average molecular weight is 370 g/mol. The first-order valence-electron chi connectivity index (χ1n) is 8.84. The number of ether oxygens (including phenoxy) is 2. The van der Waals surface area contributed by atoms with Crippen molar-refractivity contribution in [2.45, 2.75) is 52.2 Å². The number of carbonyl (C=O) groups excluding carboxylic acids is 1. The highest BCUT2D eigenvalue weighted by Gasteiger charge is 2.38.